The van der Waals surface area contributed by atoms with Gasteiger partial charge in [-0.15, -0.1) is 0 Å². The predicted octanol–water partition coefficient (Wildman–Crippen LogP) is 4.19. The molecule has 3 aromatic rings. The molecule has 1 aromatic heterocycles. The second kappa shape index (κ2) is 4.93. The highest BCUT2D eigenvalue weighted by molar-refractivity contribution is 7.11. The molecule has 1 N–H and O–H groups in total. The van der Waals surface area contributed by atoms with Crippen LogP contribution < -0.4 is 5.32 Å². The van der Waals surface area contributed by atoms with Gasteiger partial charge in [-0.05, 0) is 41.9 Å². The maximum absolute atomic E-state index is 13.5. The van der Waals surface area contributed by atoms with Crippen molar-refractivity contribution in [2.75, 3.05) is 5.32 Å². The third kappa shape index (κ3) is 2.42. The minimum absolute atomic E-state index is 0.232. The summed E-state index contributed by atoms with van der Waals surface area (Å²) in [6.07, 6.45) is 0. The quantitative estimate of drug-likeness (QED) is 0.776. The van der Waals surface area contributed by atoms with Crippen molar-refractivity contribution in [1.29, 1.82) is 0 Å². The predicted molar refractivity (Wildman–Crippen MR) is 73.3 cm³/mol. The fraction of sp³-hybridized carbons (Fsp3) is 0.0714. The maximum atomic E-state index is 13.5. The van der Waals surface area contributed by atoms with Crippen molar-refractivity contribution >= 4 is 27.4 Å². The highest BCUT2D eigenvalue weighted by atomic mass is 32.1. The molecule has 0 aliphatic carbocycles. The number of nitrogens with zero attached hydrogens (tertiary/aromatic N) is 1. The molecule has 19 heavy (non-hydrogen) atoms. The zero-order chi connectivity index (χ0) is 13.2. The van der Waals surface area contributed by atoms with Crippen LogP contribution in [-0.4, -0.2) is 4.37 Å². The maximum Gasteiger partial charge on any atom is 0.128 e. The summed E-state index contributed by atoms with van der Waals surface area (Å²) >= 11 is 1.31. The molecule has 0 saturated heterocycles. The Kier molecular flexibility index (Phi) is 3.13. The molecule has 2 nitrogen and oxygen atoms in total. The van der Waals surface area contributed by atoms with Crippen molar-refractivity contribution in [3.63, 3.8) is 0 Å². The van der Waals surface area contributed by atoms with E-state index in [1.807, 2.05) is 24.3 Å². The molecule has 0 aliphatic heterocycles. The van der Waals surface area contributed by atoms with Crippen LogP contribution in [0.15, 0.2) is 42.5 Å². The van der Waals surface area contributed by atoms with Gasteiger partial charge in [0.2, 0.25) is 0 Å². The van der Waals surface area contributed by atoms with E-state index in [0.29, 0.717) is 5.56 Å². The van der Waals surface area contributed by atoms with Crippen LogP contribution in [0.25, 0.3) is 10.9 Å². The van der Waals surface area contributed by atoms with Gasteiger partial charge in [-0.2, -0.15) is 4.37 Å². The van der Waals surface area contributed by atoms with Crippen molar-refractivity contribution in [3.05, 3.63) is 59.7 Å². The first-order valence-electron chi connectivity index (χ1n) is 5.76. The first-order chi connectivity index (χ1) is 9.24. The molecule has 1 heterocycles. The number of nitrogens with one attached hydrogen (secondary N) is 1. The lowest BCUT2D eigenvalue weighted by atomic mass is 10.2. The average molecular weight is 276 g/mol. The van der Waals surface area contributed by atoms with E-state index < -0.39 is 11.6 Å². The lowest BCUT2D eigenvalue weighted by Crippen LogP contribution is -2.01. The molecular weight excluding hydrogens is 266 g/mol. The molecule has 96 valence electrons. The topological polar surface area (TPSA) is 24.9 Å². The molecule has 0 saturated carbocycles. The standard InChI is InChI=1S/C14H10F2N2S/c15-10-5-6-12(16)9(7-10)8-17-14-11-3-1-2-4-13(11)18-19-14/h1-7,17H,8H2. The van der Waals surface area contributed by atoms with Gasteiger partial charge in [-0.25, -0.2) is 8.78 Å². The molecule has 0 fully saturated rings. The van der Waals surface area contributed by atoms with Gasteiger partial charge >= 0.3 is 0 Å². The molecule has 0 spiro atoms. The Morgan fingerprint density at radius 1 is 1.11 bits per heavy atom. The van der Waals surface area contributed by atoms with E-state index in [9.17, 15) is 8.78 Å². The Bertz CT molecular complexity index is 724. The van der Waals surface area contributed by atoms with Gasteiger partial charge in [0.15, 0.2) is 0 Å². The zero-order valence-corrected chi connectivity index (χ0v) is 10.7. The largest absolute Gasteiger partial charge is 0.371 e. The number of aromatic nitrogens is 1. The molecular formula is C14H10F2N2S. The number of anilines is 1. The summed E-state index contributed by atoms with van der Waals surface area (Å²) < 4.78 is 30.8. The minimum atomic E-state index is -0.438. The lowest BCUT2D eigenvalue weighted by Gasteiger charge is -2.05. The summed E-state index contributed by atoms with van der Waals surface area (Å²) in [5.74, 6) is -0.852. The number of rotatable bonds is 3. The Hall–Kier alpha value is -2.01. The van der Waals surface area contributed by atoms with E-state index in [-0.39, 0.29) is 6.54 Å². The van der Waals surface area contributed by atoms with Crippen LogP contribution in [0.2, 0.25) is 0 Å². The van der Waals surface area contributed by atoms with E-state index in [4.69, 9.17) is 0 Å². The fourth-order valence-electron chi connectivity index (χ4n) is 1.87. The highest BCUT2D eigenvalue weighted by Crippen LogP contribution is 2.27. The van der Waals surface area contributed by atoms with Gasteiger partial charge in [0, 0.05) is 17.5 Å². The molecule has 2 aromatic carbocycles. The number of hydrogen-bond donors (Lipinski definition) is 1. The monoisotopic (exact) mass is 276 g/mol. The lowest BCUT2D eigenvalue weighted by molar-refractivity contribution is 0.588. The number of fused-ring (bicyclic) bond motifs is 1. The fourth-order valence-corrected chi connectivity index (χ4v) is 2.63. The minimum Gasteiger partial charge on any atom is -0.371 e. The normalized spacial score (nSPS) is 10.8. The zero-order valence-electron chi connectivity index (χ0n) is 9.86. The molecule has 0 aliphatic rings. The highest BCUT2D eigenvalue weighted by Gasteiger charge is 2.07. The second-order valence-electron chi connectivity index (χ2n) is 4.12. The van der Waals surface area contributed by atoms with E-state index in [1.165, 1.54) is 17.6 Å². The Balaban J connectivity index is 1.84. The summed E-state index contributed by atoms with van der Waals surface area (Å²) in [6, 6.07) is 11.1. The Morgan fingerprint density at radius 2 is 1.95 bits per heavy atom. The van der Waals surface area contributed by atoms with Gasteiger partial charge in [-0.1, -0.05) is 12.1 Å². The molecule has 0 bridgehead atoms. The molecule has 0 unspecified atom stereocenters. The van der Waals surface area contributed by atoms with Crippen LogP contribution in [0.4, 0.5) is 13.8 Å². The second-order valence-corrected chi connectivity index (χ2v) is 4.89. The third-order valence-corrected chi connectivity index (χ3v) is 3.67. The van der Waals surface area contributed by atoms with Gasteiger partial charge in [-0.3, -0.25) is 0 Å². The van der Waals surface area contributed by atoms with Gasteiger partial charge in [0.25, 0.3) is 0 Å². The molecule has 0 radical (unpaired) electrons. The number of halogens is 2. The van der Waals surface area contributed by atoms with Crippen LogP contribution in [0.5, 0.6) is 0 Å². The number of hydrogen-bond acceptors (Lipinski definition) is 3. The Labute approximate surface area is 112 Å². The summed E-state index contributed by atoms with van der Waals surface area (Å²) in [7, 11) is 0. The summed E-state index contributed by atoms with van der Waals surface area (Å²) in [4.78, 5) is 0. The number of benzene rings is 2. The van der Waals surface area contributed by atoms with Gasteiger partial charge < -0.3 is 5.32 Å². The van der Waals surface area contributed by atoms with E-state index >= 15 is 0 Å². The summed E-state index contributed by atoms with van der Waals surface area (Å²) in [6.45, 7) is 0.232. The van der Waals surface area contributed by atoms with E-state index in [0.717, 1.165) is 28.0 Å². The van der Waals surface area contributed by atoms with Gasteiger partial charge in [0.05, 0.1) is 5.52 Å². The van der Waals surface area contributed by atoms with Crippen molar-refractivity contribution in [3.8, 4) is 0 Å². The molecule has 0 atom stereocenters. The smallest absolute Gasteiger partial charge is 0.128 e. The van der Waals surface area contributed by atoms with Crippen molar-refractivity contribution in [2.24, 2.45) is 0 Å². The van der Waals surface area contributed by atoms with E-state index in [2.05, 4.69) is 9.69 Å². The van der Waals surface area contributed by atoms with E-state index in [1.54, 1.807) is 0 Å². The van der Waals surface area contributed by atoms with Crippen LogP contribution in [0.3, 0.4) is 0 Å². The first kappa shape index (κ1) is 12.0. The van der Waals surface area contributed by atoms with Crippen LogP contribution >= 0.6 is 11.5 Å². The summed E-state index contributed by atoms with van der Waals surface area (Å²) in [5.41, 5.74) is 1.20. The first-order valence-corrected chi connectivity index (χ1v) is 6.53. The van der Waals surface area contributed by atoms with Crippen molar-refractivity contribution in [2.45, 2.75) is 6.54 Å². The summed E-state index contributed by atoms with van der Waals surface area (Å²) in [5, 5.41) is 4.95. The van der Waals surface area contributed by atoms with Gasteiger partial charge in [0.1, 0.15) is 16.6 Å². The average Bonchev–Trinajstić information content (AvgIpc) is 2.83. The third-order valence-electron chi connectivity index (χ3n) is 2.83. The Morgan fingerprint density at radius 3 is 2.84 bits per heavy atom. The van der Waals surface area contributed by atoms with Crippen LogP contribution in [-0.2, 0) is 6.54 Å². The van der Waals surface area contributed by atoms with Crippen LogP contribution in [0.1, 0.15) is 5.56 Å². The van der Waals surface area contributed by atoms with Crippen molar-refractivity contribution < 1.29 is 8.78 Å². The van der Waals surface area contributed by atoms with Crippen LogP contribution in [0, 0.1) is 11.6 Å². The molecule has 5 heteroatoms. The molecule has 0 amide bonds. The van der Waals surface area contributed by atoms with Crippen molar-refractivity contribution in [1.82, 2.24) is 4.37 Å². The SMILES string of the molecule is Fc1ccc(F)c(CNc2snc3ccccc23)c1. The molecule has 3 rings (SSSR count).